The average Bonchev–Trinajstić information content (AvgIpc) is 3.11. The van der Waals surface area contributed by atoms with Crippen LogP contribution in [0.4, 0.5) is 5.69 Å². The molecule has 1 atom stereocenters. The van der Waals surface area contributed by atoms with Crippen LogP contribution in [-0.4, -0.2) is 37.2 Å². The zero-order valence-corrected chi connectivity index (χ0v) is 14.8. The van der Waals surface area contributed by atoms with E-state index in [1.165, 1.54) is 10.6 Å². The van der Waals surface area contributed by atoms with Gasteiger partial charge in [0.05, 0.1) is 12.1 Å². The smallest absolute Gasteiger partial charge is 0.0693 e. The lowest BCUT2D eigenvalue weighted by atomic mass is 9.87. The van der Waals surface area contributed by atoms with E-state index in [-0.39, 0.29) is 5.54 Å². The van der Waals surface area contributed by atoms with Crippen molar-refractivity contribution in [1.29, 1.82) is 0 Å². The highest BCUT2D eigenvalue weighted by atomic mass is 32.1. The average molecular weight is 330 g/mol. The van der Waals surface area contributed by atoms with Crippen molar-refractivity contribution in [2.24, 2.45) is 0 Å². The third kappa shape index (κ3) is 3.94. The largest absolute Gasteiger partial charge is 0.382 e. The first-order chi connectivity index (χ1) is 11.2. The Morgan fingerprint density at radius 3 is 2.52 bits per heavy atom. The van der Waals surface area contributed by atoms with E-state index in [9.17, 15) is 0 Å². The molecule has 2 aromatic rings. The van der Waals surface area contributed by atoms with E-state index >= 15 is 0 Å². The molecule has 0 aliphatic carbocycles. The van der Waals surface area contributed by atoms with Crippen molar-refractivity contribution >= 4 is 17.0 Å². The Morgan fingerprint density at radius 2 is 1.91 bits per heavy atom. The minimum absolute atomic E-state index is 0.0434. The van der Waals surface area contributed by atoms with Gasteiger partial charge in [-0.3, -0.25) is 4.90 Å². The molecule has 1 aromatic carbocycles. The van der Waals surface area contributed by atoms with Crippen LogP contribution in [0.3, 0.4) is 0 Å². The van der Waals surface area contributed by atoms with Crippen molar-refractivity contribution in [3.63, 3.8) is 0 Å². The first-order valence-corrected chi connectivity index (χ1v) is 9.20. The van der Waals surface area contributed by atoms with E-state index in [0.717, 1.165) is 32.5 Å². The fourth-order valence-corrected chi connectivity index (χ4v) is 4.28. The van der Waals surface area contributed by atoms with E-state index in [2.05, 4.69) is 65.0 Å². The fraction of sp³-hybridized carbons (Fsp3) is 0.474. The summed E-state index contributed by atoms with van der Waals surface area (Å²) in [5.41, 5.74) is 1.23. The van der Waals surface area contributed by atoms with Gasteiger partial charge in [0, 0.05) is 36.8 Å². The highest BCUT2D eigenvalue weighted by molar-refractivity contribution is 7.10. The molecule has 1 unspecified atom stereocenters. The van der Waals surface area contributed by atoms with Gasteiger partial charge in [0.2, 0.25) is 0 Å². The number of anilines is 1. The summed E-state index contributed by atoms with van der Waals surface area (Å²) < 4.78 is 5.55. The monoisotopic (exact) mass is 330 g/mol. The number of benzene rings is 1. The number of para-hydroxylation sites is 1. The van der Waals surface area contributed by atoms with Crippen LogP contribution >= 0.6 is 11.3 Å². The van der Waals surface area contributed by atoms with Crippen molar-refractivity contribution in [3.8, 4) is 0 Å². The molecule has 0 saturated carbocycles. The lowest BCUT2D eigenvalue weighted by Gasteiger charge is -2.44. The molecule has 1 aliphatic heterocycles. The van der Waals surface area contributed by atoms with Gasteiger partial charge in [0.1, 0.15) is 0 Å². The molecule has 2 heterocycles. The van der Waals surface area contributed by atoms with Gasteiger partial charge in [-0.1, -0.05) is 24.3 Å². The van der Waals surface area contributed by atoms with Crippen molar-refractivity contribution in [2.75, 3.05) is 32.1 Å². The molecule has 1 aromatic heterocycles. The van der Waals surface area contributed by atoms with E-state index in [1.54, 1.807) is 7.11 Å². The second-order valence-corrected chi connectivity index (χ2v) is 7.41. The molecule has 0 spiro atoms. The Morgan fingerprint density at radius 1 is 1.17 bits per heavy atom. The molecule has 23 heavy (non-hydrogen) atoms. The predicted octanol–water partition coefficient (Wildman–Crippen LogP) is 4.40. The minimum Gasteiger partial charge on any atom is -0.382 e. The number of nitrogens with zero attached hydrogens (tertiary/aromatic N) is 1. The number of likely N-dealkylation sites (tertiary alicyclic amines) is 1. The van der Waals surface area contributed by atoms with Gasteiger partial charge >= 0.3 is 0 Å². The molecule has 0 radical (unpaired) electrons. The summed E-state index contributed by atoms with van der Waals surface area (Å²) in [4.78, 5) is 4.05. The number of piperidine rings is 1. The van der Waals surface area contributed by atoms with Crippen LogP contribution in [0.5, 0.6) is 0 Å². The lowest BCUT2D eigenvalue weighted by molar-refractivity contribution is 0.0742. The maximum absolute atomic E-state index is 5.55. The molecule has 1 saturated heterocycles. The van der Waals surface area contributed by atoms with Crippen LogP contribution in [0, 0.1) is 0 Å². The number of ether oxygens (including phenoxy) is 1. The molecule has 124 valence electrons. The van der Waals surface area contributed by atoms with Gasteiger partial charge in [-0.05, 0) is 43.3 Å². The van der Waals surface area contributed by atoms with E-state index in [0.29, 0.717) is 6.04 Å². The first kappa shape index (κ1) is 16.5. The summed E-state index contributed by atoms with van der Waals surface area (Å²) in [6.07, 6.45) is 2.21. The number of hydrogen-bond donors (Lipinski definition) is 1. The van der Waals surface area contributed by atoms with E-state index in [1.807, 2.05) is 11.3 Å². The SMILES string of the molecule is COCC1(Nc2ccccc2)CCN(C(C)c2cccs2)CC1. The molecule has 3 rings (SSSR count). The van der Waals surface area contributed by atoms with Crippen LogP contribution in [0.1, 0.15) is 30.7 Å². The summed E-state index contributed by atoms with van der Waals surface area (Å²) in [5.74, 6) is 0. The zero-order valence-electron chi connectivity index (χ0n) is 14.0. The molecule has 0 amide bonds. The van der Waals surface area contributed by atoms with Gasteiger partial charge in [0.15, 0.2) is 0 Å². The molecule has 1 fully saturated rings. The number of thiophene rings is 1. The highest BCUT2D eigenvalue weighted by Gasteiger charge is 2.36. The number of rotatable bonds is 6. The second-order valence-electron chi connectivity index (χ2n) is 6.43. The molecular weight excluding hydrogens is 304 g/mol. The van der Waals surface area contributed by atoms with Gasteiger partial charge in [-0.25, -0.2) is 0 Å². The van der Waals surface area contributed by atoms with Gasteiger partial charge in [0.25, 0.3) is 0 Å². The first-order valence-electron chi connectivity index (χ1n) is 8.32. The molecule has 1 aliphatic rings. The Balaban J connectivity index is 1.65. The van der Waals surface area contributed by atoms with Gasteiger partial charge < -0.3 is 10.1 Å². The second kappa shape index (κ2) is 7.47. The van der Waals surface area contributed by atoms with Gasteiger partial charge in [-0.15, -0.1) is 11.3 Å². The summed E-state index contributed by atoms with van der Waals surface area (Å²) in [6.45, 7) is 5.27. The minimum atomic E-state index is 0.0434. The Kier molecular flexibility index (Phi) is 5.36. The Labute approximate surface area is 143 Å². The molecule has 0 bridgehead atoms. The maximum Gasteiger partial charge on any atom is 0.0693 e. The molecule has 1 N–H and O–H groups in total. The topological polar surface area (TPSA) is 24.5 Å². The van der Waals surface area contributed by atoms with E-state index in [4.69, 9.17) is 4.74 Å². The van der Waals surface area contributed by atoms with Crippen molar-refractivity contribution in [3.05, 3.63) is 52.7 Å². The third-order valence-electron chi connectivity index (χ3n) is 4.86. The van der Waals surface area contributed by atoms with Gasteiger partial charge in [-0.2, -0.15) is 0 Å². The standard InChI is InChI=1S/C19H26N2OS/c1-16(18-9-6-14-23-18)21-12-10-19(11-13-21,15-22-2)20-17-7-4-3-5-8-17/h3-9,14,16,20H,10-13,15H2,1-2H3. The Bertz CT molecular complexity index is 577. The van der Waals surface area contributed by atoms with Crippen molar-refractivity contribution in [2.45, 2.75) is 31.3 Å². The number of nitrogens with one attached hydrogen (secondary N) is 1. The summed E-state index contributed by atoms with van der Waals surface area (Å²) >= 11 is 1.86. The van der Waals surface area contributed by atoms with Crippen molar-refractivity contribution in [1.82, 2.24) is 4.90 Å². The van der Waals surface area contributed by atoms with Crippen LogP contribution < -0.4 is 5.32 Å². The van der Waals surface area contributed by atoms with E-state index < -0.39 is 0 Å². The quantitative estimate of drug-likeness (QED) is 0.849. The highest BCUT2D eigenvalue weighted by Crippen LogP contribution is 2.33. The molecule has 4 heteroatoms. The normalized spacial score (nSPS) is 19.4. The molecular formula is C19H26N2OS. The molecule has 3 nitrogen and oxygen atoms in total. The van der Waals surface area contributed by atoms with Crippen LogP contribution in [0.15, 0.2) is 47.8 Å². The fourth-order valence-electron chi connectivity index (χ4n) is 3.46. The van der Waals surface area contributed by atoms with Crippen LogP contribution in [0.2, 0.25) is 0 Å². The zero-order chi connectivity index (χ0) is 16.1. The van der Waals surface area contributed by atoms with Crippen LogP contribution in [0.25, 0.3) is 0 Å². The third-order valence-corrected chi connectivity index (χ3v) is 5.90. The number of hydrogen-bond acceptors (Lipinski definition) is 4. The lowest BCUT2D eigenvalue weighted by Crippen LogP contribution is -2.52. The maximum atomic E-state index is 5.55. The summed E-state index contributed by atoms with van der Waals surface area (Å²) in [6, 6.07) is 15.4. The van der Waals surface area contributed by atoms with Crippen molar-refractivity contribution < 1.29 is 4.74 Å². The Hall–Kier alpha value is -1.36. The predicted molar refractivity (Wildman–Crippen MR) is 98.2 cm³/mol. The number of methoxy groups -OCH3 is 1. The summed E-state index contributed by atoms with van der Waals surface area (Å²) in [7, 11) is 1.80. The summed E-state index contributed by atoms with van der Waals surface area (Å²) in [5, 5.41) is 5.91. The van der Waals surface area contributed by atoms with Crippen LogP contribution in [-0.2, 0) is 4.74 Å².